The fraction of sp³-hybridized carbons (Fsp3) is 0.300. The fourth-order valence-corrected chi connectivity index (χ4v) is 2.55. The van der Waals surface area contributed by atoms with E-state index in [-0.39, 0.29) is 17.9 Å². The Labute approximate surface area is 115 Å². The molecule has 1 aromatic carbocycles. The van der Waals surface area contributed by atoms with Gasteiger partial charge in [0.05, 0.1) is 11.5 Å². The molecule has 0 aliphatic carbocycles. The van der Waals surface area contributed by atoms with Gasteiger partial charge in [0.2, 0.25) is 0 Å². The minimum atomic E-state index is -0.686. The maximum absolute atomic E-state index is 11.6. The number of esters is 1. The maximum atomic E-state index is 11.6. The third-order valence-electron chi connectivity index (χ3n) is 2.00. The van der Waals surface area contributed by atoms with E-state index in [4.69, 9.17) is 4.74 Å². The zero-order valence-electron chi connectivity index (χ0n) is 8.91. The maximum Gasteiger partial charge on any atom is 0.345 e. The van der Waals surface area contributed by atoms with E-state index in [2.05, 4.69) is 31.9 Å². The zero-order valence-corrected chi connectivity index (χ0v) is 12.1. The first-order valence-corrected chi connectivity index (χ1v) is 6.62. The Bertz CT molecular complexity index is 462. The lowest BCUT2D eigenvalue weighted by Crippen LogP contribution is -2.08. The molecule has 1 rings (SSSR count). The van der Waals surface area contributed by atoms with Crippen molar-refractivity contribution in [1.29, 1.82) is 0 Å². The third-order valence-corrected chi connectivity index (χ3v) is 3.34. The summed E-state index contributed by atoms with van der Waals surface area (Å²) in [5.41, 5.74) is 0.452. The molecule has 0 unspecified atom stereocenters. The van der Waals surface area contributed by atoms with Crippen molar-refractivity contribution in [2.45, 2.75) is 12.3 Å². The van der Waals surface area contributed by atoms with Gasteiger partial charge in [0, 0.05) is 15.9 Å². The highest BCUT2D eigenvalue weighted by Crippen LogP contribution is 2.29. The van der Waals surface area contributed by atoms with Gasteiger partial charge < -0.3 is 4.74 Å². The van der Waals surface area contributed by atoms with Gasteiger partial charge in [0.1, 0.15) is 5.56 Å². The molecule has 1 aromatic rings. The smallest absolute Gasteiger partial charge is 0.345 e. The number of rotatable bonds is 4. The van der Waals surface area contributed by atoms with Gasteiger partial charge in [0.25, 0.3) is 5.69 Å². The van der Waals surface area contributed by atoms with E-state index in [0.717, 1.165) is 5.56 Å². The molecule has 7 heteroatoms. The summed E-state index contributed by atoms with van der Waals surface area (Å²) >= 11 is 6.45. The highest BCUT2D eigenvalue weighted by Gasteiger charge is 2.23. The highest BCUT2D eigenvalue weighted by atomic mass is 79.9. The number of alkyl halides is 1. The van der Waals surface area contributed by atoms with Gasteiger partial charge in [-0.1, -0.05) is 31.9 Å². The summed E-state index contributed by atoms with van der Waals surface area (Å²) in [5.74, 6) is -0.686. The number of hydrogen-bond donors (Lipinski definition) is 0. The number of nitro benzene ring substituents is 1. The number of carbonyl (C=O) groups is 1. The highest BCUT2D eigenvalue weighted by molar-refractivity contribution is 9.10. The van der Waals surface area contributed by atoms with Gasteiger partial charge in [-0.05, 0) is 18.6 Å². The summed E-state index contributed by atoms with van der Waals surface area (Å²) in [4.78, 5) is 21.8. The number of halogens is 2. The van der Waals surface area contributed by atoms with Crippen molar-refractivity contribution >= 4 is 43.5 Å². The number of carbonyl (C=O) groups excluding carboxylic acids is 1. The lowest BCUT2D eigenvalue weighted by atomic mass is 10.1. The minimum absolute atomic E-state index is 0.0329. The van der Waals surface area contributed by atoms with Crippen LogP contribution in [0, 0.1) is 10.1 Å². The standard InChI is InChI=1S/C10H9Br2NO4/c1-2-17-10(14)7-3-6(5-11)8(12)4-9(7)13(15)16/h3-4H,2,5H2,1H3. The number of nitrogens with zero attached hydrogens (tertiary/aromatic N) is 1. The van der Waals surface area contributed by atoms with Crippen LogP contribution in [-0.4, -0.2) is 17.5 Å². The van der Waals surface area contributed by atoms with Crippen LogP contribution in [0.4, 0.5) is 5.69 Å². The topological polar surface area (TPSA) is 69.4 Å². The van der Waals surface area contributed by atoms with E-state index in [1.807, 2.05) is 0 Å². The van der Waals surface area contributed by atoms with Gasteiger partial charge in [-0.2, -0.15) is 0 Å². The van der Waals surface area contributed by atoms with E-state index in [1.54, 1.807) is 6.92 Å². The molecule has 0 aromatic heterocycles. The van der Waals surface area contributed by atoms with E-state index < -0.39 is 10.9 Å². The van der Waals surface area contributed by atoms with Crippen LogP contribution >= 0.6 is 31.9 Å². The molecule has 0 radical (unpaired) electrons. The monoisotopic (exact) mass is 365 g/mol. The SMILES string of the molecule is CCOC(=O)c1cc(CBr)c(Br)cc1[N+](=O)[O-]. The summed E-state index contributed by atoms with van der Waals surface area (Å²) in [6.07, 6.45) is 0. The Morgan fingerprint density at radius 2 is 2.18 bits per heavy atom. The second-order valence-electron chi connectivity index (χ2n) is 3.07. The molecule has 0 aliphatic heterocycles. The average molecular weight is 367 g/mol. The van der Waals surface area contributed by atoms with E-state index >= 15 is 0 Å². The van der Waals surface area contributed by atoms with Crippen LogP contribution in [-0.2, 0) is 10.1 Å². The van der Waals surface area contributed by atoms with Gasteiger partial charge in [-0.15, -0.1) is 0 Å². The molecule has 0 bridgehead atoms. The van der Waals surface area contributed by atoms with Gasteiger partial charge in [-0.3, -0.25) is 10.1 Å². The van der Waals surface area contributed by atoms with E-state index in [1.165, 1.54) is 12.1 Å². The molecule has 0 N–H and O–H groups in total. The normalized spacial score (nSPS) is 10.1. The molecule has 0 heterocycles. The summed E-state index contributed by atoms with van der Waals surface area (Å²) in [6, 6.07) is 2.76. The molecular formula is C10H9Br2NO4. The van der Waals surface area contributed by atoms with Crippen molar-refractivity contribution in [3.63, 3.8) is 0 Å². The molecule has 17 heavy (non-hydrogen) atoms. The van der Waals surface area contributed by atoms with Crippen LogP contribution in [0.3, 0.4) is 0 Å². The number of hydrogen-bond acceptors (Lipinski definition) is 4. The molecule has 0 aliphatic rings. The molecule has 0 saturated carbocycles. The largest absolute Gasteiger partial charge is 0.462 e. The van der Waals surface area contributed by atoms with Crippen molar-refractivity contribution in [2.24, 2.45) is 0 Å². The second-order valence-corrected chi connectivity index (χ2v) is 4.49. The molecule has 0 atom stereocenters. The molecule has 92 valence electrons. The van der Waals surface area contributed by atoms with Crippen LogP contribution in [0.25, 0.3) is 0 Å². The number of benzene rings is 1. The van der Waals surface area contributed by atoms with Crippen LogP contribution < -0.4 is 0 Å². The molecular weight excluding hydrogens is 358 g/mol. The number of nitro groups is 1. The predicted octanol–water partition coefficient (Wildman–Crippen LogP) is 3.43. The molecule has 0 fully saturated rings. The molecule has 0 amide bonds. The van der Waals surface area contributed by atoms with Crippen LogP contribution in [0.2, 0.25) is 0 Å². The van der Waals surface area contributed by atoms with Crippen LogP contribution in [0.1, 0.15) is 22.8 Å². The van der Waals surface area contributed by atoms with Crippen molar-refractivity contribution < 1.29 is 14.5 Å². The first-order chi connectivity index (χ1) is 8.01. The Kier molecular flexibility index (Phi) is 5.07. The van der Waals surface area contributed by atoms with E-state index in [9.17, 15) is 14.9 Å². The Balaban J connectivity index is 3.33. The minimum Gasteiger partial charge on any atom is -0.462 e. The van der Waals surface area contributed by atoms with Crippen molar-refractivity contribution in [3.8, 4) is 0 Å². The Morgan fingerprint density at radius 3 is 2.65 bits per heavy atom. The first-order valence-electron chi connectivity index (χ1n) is 4.71. The van der Waals surface area contributed by atoms with Crippen LogP contribution in [0.5, 0.6) is 0 Å². The lowest BCUT2D eigenvalue weighted by molar-refractivity contribution is -0.385. The average Bonchev–Trinajstić information content (AvgIpc) is 2.28. The summed E-state index contributed by atoms with van der Waals surface area (Å²) in [6.45, 7) is 1.82. The van der Waals surface area contributed by atoms with Gasteiger partial charge >= 0.3 is 5.97 Å². The lowest BCUT2D eigenvalue weighted by Gasteiger charge is -2.06. The van der Waals surface area contributed by atoms with Gasteiger partial charge in [0.15, 0.2) is 0 Å². The van der Waals surface area contributed by atoms with Crippen molar-refractivity contribution in [3.05, 3.63) is 37.8 Å². The van der Waals surface area contributed by atoms with E-state index in [0.29, 0.717) is 9.80 Å². The predicted molar refractivity (Wildman–Crippen MR) is 69.4 cm³/mol. The quantitative estimate of drug-likeness (QED) is 0.354. The molecule has 5 nitrogen and oxygen atoms in total. The summed E-state index contributed by atoms with van der Waals surface area (Å²) in [5, 5.41) is 11.3. The van der Waals surface area contributed by atoms with Gasteiger partial charge in [-0.25, -0.2) is 4.79 Å². The summed E-state index contributed by atoms with van der Waals surface area (Å²) in [7, 11) is 0. The molecule has 0 saturated heterocycles. The van der Waals surface area contributed by atoms with Crippen LogP contribution in [0.15, 0.2) is 16.6 Å². The fourth-order valence-electron chi connectivity index (χ4n) is 1.23. The van der Waals surface area contributed by atoms with Crippen molar-refractivity contribution in [2.75, 3.05) is 6.61 Å². The Hall–Kier alpha value is -0.950. The first kappa shape index (κ1) is 14.1. The second kappa shape index (κ2) is 6.11. The van der Waals surface area contributed by atoms with Crippen molar-refractivity contribution in [1.82, 2.24) is 0 Å². The number of ether oxygens (including phenoxy) is 1. The Morgan fingerprint density at radius 1 is 1.53 bits per heavy atom. The zero-order chi connectivity index (χ0) is 13.0. The summed E-state index contributed by atoms with van der Waals surface area (Å²) < 4.78 is 5.36. The third kappa shape index (κ3) is 3.26. The molecule has 0 spiro atoms.